The standard InChI is InChI=1S/C11H16N2O6/c1-6-3-13(11(17)12-10(6)16)9-2-7(15)8(19-9)4-18-5-14/h3,7-9,14-15H,2,4-5H2,1H3,(H,12,16,17)/t7?,8-,9-/m1/s1. The van der Waals surface area contributed by atoms with Crippen molar-refractivity contribution in [2.45, 2.75) is 31.8 Å². The third-order valence-electron chi connectivity index (χ3n) is 3.03. The Morgan fingerprint density at radius 1 is 1.58 bits per heavy atom. The molecule has 1 aliphatic rings. The first-order valence-electron chi connectivity index (χ1n) is 5.87. The Morgan fingerprint density at radius 2 is 2.32 bits per heavy atom. The summed E-state index contributed by atoms with van der Waals surface area (Å²) in [5, 5.41) is 18.3. The number of nitrogens with one attached hydrogen (secondary N) is 1. The fourth-order valence-corrected chi connectivity index (χ4v) is 2.00. The molecular weight excluding hydrogens is 256 g/mol. The Balaban J connectivity index is 2.18. The van der Waals surface area contributed by atoms with Crippen LogP contribution < -0.4 is 11.2 Å². The summed E-state index contributed by atoms with van der Waals surface area (Å²) in [5.41, 5.74) is -0.649. The maximum absolute atomic E-state index is 11.7. The largest absolute Gasteiger partial charge is 0.390 e. The summed E-state index contributed by atoms with van der Waals surface area (Å²) >= 11 is 0. The van der Waals surface area contributed by atoms with Crippen LogP contribution in [-0.2, 0) is 9.47 Å². The summed E-state index contributed by atoms with van der Waals surface area (Å²) in [7, 11) is 0. The van der Waals surface area contributed by atoms with Gasteiger partial charge in [-0.25, -0.2) is 4.79 Å². The van der Waals surface area contributed by atoms with E-state index < -0.39 is 36.5 Å². The smallest absolute Gasteiger partial charge is 0.330 e. The van der Waals surface area contributed by atoms with Gasteiger partial charge in [-0.2, -0.15) is 0 Å². The molecule has 0 radical (unpaired) electrons. The predicted molar refractivity (Wildman–Crippen MR) is 63.6 cm³/mol. The highest BCUT2D eigenvalue weighted by atomic mass is 16.6. The fourth-order valence-electron chi connectivity index (χ4n) is 2.00. The number of H-pyrrole nitrogens is 1. The number of aliphatic hydroxyl groups excluding tert-OH is 2. The van der Waals surface area contributed by atoms with Gasteiger partial charge in [0.2, 0.25) is 0 Å². The lowest BCUT2D eigenvalue weighted by atomic mass is 10.2. The van der Waals surface area contributed by atoms with Gasteiger partial charge in [0.05, 0.1) is 12.7 Å². The van der Waals surface area contributed by atoms with Crippen LogP contribution in [0.5, 0.6) is 0 Å². The molecule has 0 spiro atoms. The molecule has 0 aromatic carbocycles. The van der Waals surface area contributed by atoms with E-state index in [1.165, 1.54) is 10.8 Å². The second-order valence-corrected chi connectivity index (χ2v) is 4.41. The number of hydrogen-bond donors (Lipinski definition) is 3. The molecule has 1 unspecified atom stereocenters. The summed E-state index contributed by atoms with van der Waals surface area (Å²) in [6.07, 6.45) is -0.462. The molecule has 1 aromatic rings. The average molecular weight is 272 g/mol. The van der Waals surface area contributed by atoms with E-state index in [-0.39, 0.29) is 13.0 Å². The SMILES string of the molecule is Cc1cn([C@H]2CC(O)[C@@H](COCO)O2)c(=O)[nH]c1=O. The monoisotopic (exact) mass is 272 g/mol. The summed E-state index contributed by atoms with van der Waals surface area (Å²) in [4.78, 5) is 25.1. The molecule has 0 saturated carbocycles. The molecule has 8 heteroatoms. The normalized spacial score (nSPS) is 26.8. The van der Waals surface area contributed by atoms with Gasteiger partial charge in [-0.05, 0) is 6.92 Å². The summed E-state index contributed by atoms with van der Waals surface area (Å²) in [6, 6.07) is 0. The van der Waals surface area contributed by atoms with E-state index in [4.69, 9.17) is 14.6 Å². The number of nitrogens with zero attached hydrogens (tertiary/aromatic N) is 1. The van der Waals surface area contributed by atoms with Crippen LogP contribution in [0.1, 0.15) is 18.2 Å². The lowest BCUT2D eigenvalue weighted by Crippen LogP contribution is -2.33. The Hall–Kier alpha value is -1.48. The lowest BCUT2D eigenvalue weighted by Gasteiger charge is -2.15. The average Bonchev–Trinajstić information content (AvgIpc) is 2.72. The Labute approximate surface area is 108 Å². The minimum atomic E-state index is -0.796. The maximum Gasteiger partial charge on any atom is 0.330 e. The topological polar surface area (TPSA) is 114 Å². The number of ether oxygens (including phenoxy) is 2. The van der Waals surface area contributed by atoms with Crippen LogP contribution >= 0.6 is 0 Å². The Morgan fingerprint density at radius 3 is 3.00 bits per heavy atom. The number of aliphatic hydroxyl groups is 2. The molecule has 1 fully saturated rings. The van der Waals surface area contributed by atoms with Crippen molar-refractivity contribution in [3.8, 4) is 0 Å². The van der Waals surface area contributed by atoms with Gasteiger partial charge in [0.15, 0.2) is 0 Å². The van der Waals surface area contributed by atoms with Crippen molar-refractivity contribution in [3.63, 3.8) is 0 Å². The van der Waals surface area contributed by atoms with E-state index in [2.05, 4.69) is 4.98 Å². The number of rotatable bonds is 4. The molecule has 1 saturated heterocycles. The molecule has 8 nitrogen and oxygen atoms in total. The first-order chi connectivity index (χ1) is 9.02. The van der Waals surface area contributed by atoms with Crippen molar-refractivity contribution in [1.29, 1.82) is 0 Å². The molecular formula is C11H16N2O6. The number of aryl methyl sites for hydroxylation is 1. The van der Waals surface area contributed by atoms with Crippen LogP contribution in [0.15, 0.2) is 15.8 Å². The van der Waals surface area contributed by atoms with Crippen molar-refractivity contribution < 1.29 is 19.7 Å². The quantitative estimate of drug-likeness (QED) is 0.572. The van der Waals surface area contributed by atoms with E-state index in [1.807, 2.05) is 0 Å². The van der Waals surface area contributed by atoms with Crippen LogP contribution in [0.3, 0.4) is 0 Å². The molecule has 0 amide bonds. The highest BCUT2D eigenvalue weighted by molar-refractivity contribution is 5.02. The third kappa shape index (κ3) is 2.92. The molecule has 0 bridgehead atoms. The van der Waals surface area contributed by atoms with Gasteiger partial charge in [0.1, 0.15) is 19.1 Å². The first kappa shape index (κ1) is 13.9. The third-order valence-corrected chi connectivity index (χ3v) is 3.03. The van der Waals surface area contributed by atoms with Crippen LogP contribution in [0.25, 0.3) is 0 Å². The first-order valence-corrected chi connectivity index (χ1v) is 5.87. The maximum atomic E-state index is 11.7. The van der Waals surface area contributed by atoms with Crippen molar-refractivity contribution in [2.75, 3.05) is 13.4 Å². The zero-order valence-corrected chi connectivity index (χ0v) is 10.4. The van der Waals surface area contributed by atoms with E-state index >= 15 is 0 Å². The number of aromatic amines is 1. The number of aromatic nitrogens is 2. The second kappa shape index (κ2) is 5.66. The summed E-state index contributed by atoms with van der Waals surface area (Å²) in [6.45, 7) is 1.15. The minimum Gasteiger partial charge on any atom is -0.390 e. The van der Waals surface area contributed by atoms with Crippen LogP contribution in [0.4, 0.5) is 0 Å². The highest BCUT2D eigenvalue weighted by Crippen LogP contribution is 2.27. The van der Waals surface area contributed by atoms with Crippen molar-refractivity contribution in [2.24, 2.45) is 0 Å². The highest BCUT2D eigenvalue weighted by Gasteiger charge is 2.35. The summed E-state index contributed by atoms with van der Waals surface area (Å²) < 4.78 is 11.5. The molecule has 3 N–H and O–H groups in total. The molecule has 19 heavy (non-hydrogen) atoms. The van der Waals surface area contributed by atoms with E-state index in [1.54, 1.807) is 6.92 Å². The van der Waals surface area contributed by atoms with Crippen molar-refractivity contribution in [1.82, 2.24) is 9.55 Å². The minimum absolute atomic E-state index is 0.0330. The van der Waals surface area contributed by atoms with Gasteiger partial charge in [-0.3, -0.25) is 14.3 Å². The van der Waals surface area contributed by atoms with Gasteiger partial charge >= 0.3 is 5.69 Å². The van der Waals surface area contributed by atoms with Crippen molar-refractivity contribution >= 4 is 0 Å². The van der Waals surface area contributed by atoms with E-state index in [0.717, 1.165) is 0 Å². The molecule has 0 aliphatic carbocycles. The van der Waals surface area contributed by atoms with Gasteiger partial charge in [0.25, 0.3) is 5.56 Å². The van der Waals surface area contributed by atoms with Crippen LogP contribution in [0, 0.1) is 6.92 Å². The molecule has 106 valence electrons. The van der Waals surface area contributed by atoms with Crippen LogP contribution in [0.2, 0.25) is 0 Å². The Bertz CT molecular complexity index is 551. The van der Waals surface area contributed by atoms with E-state index in [9.17, 15) is 14.7 Å². The lowest BCUT2D eigenvalue weighted by molar-refractivity contribution is -0.0923. The fraction of sp³-hybridized carbons (Fsp3) is 0.636. The molecule has 1 aliphatic heterocycles. The zero-order valence-electron chi connectivity index (χ0n) is 10.4. The molecule has 3 atom stereocenters. The Kier molecular flexibility index (Phi) is 4.15. The van der Waals surface area contributed by atoms with E-state index in [0.29, 0.717) is 5.56 Å². The second-order valence-electron chi connectivity index (χ2n) is 4.41. The van der Waals surface area contributed by atoms with Gasteiger partial charge < -0.3 is 19.7 Å². The van der Waals surface area contributed by atoms with Gasteiger partial charge in [-0.1, -0.05) is 0 Å². The predicted octanol–water partition coefficient (Wildman–Crippen LogP) is -1.54. The molecule has 2 heterocycles. The zero-order chi connectivity index (χ0) is 14.0. The summed E-state index contributed by atoms with van der Waals surface area (Å²) in [5.74, 6) is 0. The van der Waals surface area contributed by atoms with Gasteiger partial charge in [-0.15, -0.1) is 0 Å². The van der Waals surface area contributed by atoms with Gasteiger partial charge in [0, 0.05) is 18.2 Å². The molecule has 1 aromatic heterocycles. The number of hydrogen-bond acceptors (Lipinski definition) is 6. The van der Waals surface area contributed by atoms with Crippen molar-refractivity contribution in [3.05, 3.63) is 32.6 Å². The molecule has 2 rings (SSSR count). The van der Waals surface area contributed by atoms with Crippen LogP contribution in [-0.4, -0.2) is 45.4 Å².